The lowest BCUT2D eigenvalue weighted by Gasteiger charge is -2.27. The van der Waals surface area contributed by atoms with Crippen LogP contribution in [-0.4, -0.2) is 48.9 Å². The fourth-order valence-corrected chi connectivity index (χ4v) is 4.02. The number of hydrogen-bond donors (Lipinski definition) is 1. The van der Waals surface area contributed by atoms with E-state index in [0.29, 0.717) is 42.6 Å². The summed E-state index contributed by atoms with van der Waals surface area (Å²) in [6, 6.07) is 11.0. The van der Waals surface area contributed by atoms with Gasteiger partial charge in [0.25, 0.3) is 17.7 Å². The van der Waals surface area contributed by atoms with E-state index in [0.717, 1.165) is 4.90 Å². The first-order chi connectivity index (χ1) is 14.9. The number of benzene rings is 2. The molecule has 0 aliphatic carbocycles. The third-order valence-corrected chi connectivity index (χ3v) is 5.74. The molecule has 2 aliphatic rings. The van der Waals surface area contributed by atoms with Crippen molar-refractivity contribution < 1.29 is 19.1 Å². The van der Waals surface area contributed by atoms with Crippen LogP contribution in [0.2, 0.25) is 10.0 Å². The molecule has 0 atom stereocenters. The normalized spacial score (nSPS) is 16.9. The van der Waals surface area contributed by atoms with Crippen LogP contribution in [0.4, 0.5) is 11.4 Å². The molecule has 1 fully saturated rings. The second kappa shape index (κ2) is 8.88. The molecular weight excluding hydrogens is 465 g/mol. The lowest BCUT2D eigenvalue weighted by Crippen LogP contribution is -2.40. The zero-order chi connectivity index (χ0) is 22.1. The summed E-state index contributed by atoms with van der Waals surface area (Å²) in [4.78, 5) is 40.9. The van der Waals surface area contributed by atoms with Crippen molar-refractivity contribution in [2.75, 3.05) is 36.5 Å². The Morgan fingerprint density at radius 2 is 1.71 bits per heavy atom. The van der Waals surface area contributed by atoms with Crippen molar-refractivity contribution >= 4 is 63.9 Å². The van der Waals surface area contributed by atoms with E-state index in [-0.39, 0.29) is 27.3 Å². The molecular formula is C21H16Cl3N3O4. The summed E-state index contributed by atoms with van der Waals surface area (Å²) in [6.45, 7) is 2.01. The van der Waals surface area contributed by atoms with E-state index in [9.17, 15) is 14.4 Å². The Hall–Kier alpha value is -2.58. The molecule has 3 amide bonds. The van der Waals surface area contributed by atoms with E-state index in [4.69, 9.17) is 39.5 Å². The van der Waals surface area contributed by atoms with Crippen molar-refractivity contribution in [3.63, 3.8) is 0 Å². The predicted molar refractivity (Wildman–Crippen MR) is 119 cm³/mol. The smallest absolute Gasteiger partial charge is 0.283 e. The minimum atomic E-state index is -0.709. The molecule has 0 radical (unpaired) electrons. The number of rotatable bonds is 4. The van der Waals surface area contributed by atoms with Crippen LogP contribution in [0.5, 0.6) is 0 Å². The molecule has 2 aromatic carbocycles. The van der Waals surface area contributed by atoms with Gasteiger partial charge in [-0.15, -0.1) is 0 Å². The second-order valence-electron chi connectivity index (χ2n) is 6.84. The van der Waals surface area contributed by atoms with E-state index in [2.05, 4.69) is 5.32 Å². The molecule has 4 rings (SSSR count). The van der Waals surface area contributed by atoms with Crippen molar-refractivity contribution in [2.24, 2.45) is 0 Å². The fraction of sp³-hybridized carbons (Fsp3) is 0.190. The van der Waals surface area contributed by atoms with Crippen LogP contribution in [0.3, 0.4) is 0 Å². The third-order valence-electron chi connectivity index (χ3n) is 4.86. The van der Waals surface area contributed by atoms with Crippen LogP contribution < -0.4 is 10.2 Å². The molecule has 0 aromatic heterocycles. The first kappa shape index (κ1) is 21.6. The monoisotopic (exact) mass is 479 g/mol. The Balaban J connectivity index is 1.57. The van der Waals surface area contributed by atoms with Gasteiger partial charge in [-0.3, -0.25) is 14.4 Å². The Labute approximate surface area is 193 Å². The number of anilines is 2. The van der Waals surface area contributed by atoms with Gasteiger partial charge in [0.2, 0.25) is 0 Å². The highest BCUT2D eigenvalue weighted by atomic mass is 35.5. The fourth-order valence-electron chi connectivity index (χ4n) is 3.32. The molecule has 0 spiro atoms. The summed E-state index contributed by atoms with van der Waals surface area (Å²) >= 11 is 18.2. The summed E-state index contributed by atoms with van der Waals surface area (Å²) in [5.74, 6) is -1.52. The largest absolute Gasteiger partial charge is 0.378 e. The highest BCUT2D eigenvalue weighted by Gasteiger charge is 2.40. The zero-order valence-corrected chi connectivity index (χ0v) is 18.3. The van der Waals surface area contributed by atoms with Crippen molar-refractivity contribution in [3.8, 4) is 0 Å². The molecule has 1 N–H and O–H groups in total. The van der Waals surface area contributed by atoms with Crippen molar-refractivity contribution in [1.82, 2.24) is 4.90 Å². The zero-order valence-electron chi connectivity index (χ0n) is 16.0. The second-order valence-corrected chi connectivity index (χ2v) is 8.06. The first-order valence-electron chi connectivity index (χ1n) is 9.34. The molecule has 31 heavy (non-hydrogen) atoms. The van der Waals surface area contributed by atoms with Gasteiger partial charge in [-0.2, -0.15) is 0 Å². The van der Waals surface area contributed by atoms with Crippen LogP contribution in [0.25, 0.3) is 0 Å². The van der Waals surface area contributed by atoms with Gasteiger partial charge in [-0.25, -0.2) is 4.90 Å². The van der Waals surface area contributed by atoms with Crippen LogP contribution in [0.1, 0.15) is 10.4 Å². The molecule has 160 valence electrons. The summed E-state index contributed by atoms with van der Waals surface area (Å²) in [7, 11) is 0. The lowest BCUT2D eigenvalue weighted by atomic mass is 10.1. The van der Waals surface area contributed by atoms with Crippen LogP contribution in [-0.2, 0) is 14.3 Å². The van der Waals surface area contributed by atoms with Gasteiger partial charge < -0.3 is 15.0 Å². The topological polar surface area (TPSA) is 79.0 Å². The first-order valence-corrected chi connectivity index (χ1v) is 10.5. The Morgan fingerprint density at radius 3 is 2.42 bits per heavy atom. The van der Waals surface area contributed by atoms with Crippen molar-refractivity contribution in [1.29, 1.82) is 0 Å². The number of morpholine rings is 1. The summed E-state index contributed by atoms with van der Waals surface area (Å²) < 4.78 is 5.28. The standard InChI is InChI=1S/C21H16Cl3N3O4/c22-13-4-5-16(15(23)11-13)27-20(29)17(24)18(21(27)30)25-14-3-1-2-12(10-14)19(28)26-6-8-31-9-7-26/h1-5,10-11,25H,6-9H2. The van der Waals surface area contributed by atoms with E-state index in [1.54, 1.807) is 29.2 Å². The SMILES string of the molecule is O=C(c1cccc(NC2=C(Cl)C(=O)N(c3ccc(Cl)cc3Cl)C2=O)c1)N1CCOCC1. The third kappa shape index (κ3) is 4.27. The van der Waals surface area contributed by atoms with Gasteiger partial charge in [-0.05, 0) is 36.4 Å². The molecule has 0 bridgehead atoms. The lowest BCUT2D eigenvalue weighted by molar-refractivity contribution is -0.120. The van der Waals surface area contributed by atoms with Crippen molar-refractivity contribution in [2.45, 2.75) is 0 Å². The molecule has 1 saturated heterocycles. The van der Waals surface area contributed by atoms with Gasteiger partial charge in [0.05, 0.1) is 23.9 Å². The summed E-state index contributed by atoms with van der Waals surface area (Å²) in [5, 5.41) is 3.10. The summed E-state index contributed by atoms with van der Waals surface area (Å²) in [5.41, 5.74) is 0.955. The maximum Gasteiger partial charge on any atom is 0.283 e. The molecule has 2 heterocycles. The molecule has 10 heteroatoms. The number of hydrogen-bond acceptors (Lipinski definition) is 5. The number of ether oxygens (including phenoxy) is 1. The predicted octanol–water partition coefficient (Wildman–Crippen LogP) is 3.90. The molecule has 0 saturated carbocycles. The Kier molecular flexibility index (Phi) is 6.20. The number of nitrogens with one attached hydrogen (secondary N) is 1. The highest BCUT2D eigenvalue weighted by molar-refractivity contribution is 6.53. The number of imide groups is 1. The van der Waals surface area contributed by atoms with Gasteiger partial charge >= 0.3 is 0 Å². The van der Waals surface area contributed by atoms with Crippen LogP contribution in [0, 0.1) is 0 Å². The molecule has 7 nitrogen and oxygen atoms in total. The minimum Gasteiger partial charge on any atom is -0.378 e. The minimum absolute atomic E-state index is 0.103. The van der Waals surface area contributed by atoms with Gasteiger partial charge in [0.1, 0.15) is 10.7 Å². The van der Waals surface area contributed by atoms with Gasteiger partial charge in [0.15, 0.2) is 0 Å². The number of carbonyl (C=O) groups excluding carboxylic acids is 3. The van der Waals surface area contributed by atoms with Gasteiger partial charge in [-0.1, -0.05) is 40.9 Å². The highest BCUT2D eigenvalue weighted by Crippen LogP contribution is 2.35. The molecule has 2 aromatic rings. The number of nitrogens with zero attached hydrogens (tertiary/aromatic N) is 2. The van der Waals surface area contributed by atoms with E-state index in [1.807, 2.05) is 0 Å². The average molecular weight is 481 g/mol. The molecule has 2 aliphatic heterocycles. The number of halogens is 3. The Morgan fingerprint density at radius 1 is 0.968 bits per heavy atom. The quantitative estimate of drug-likeness (QED) is 0.672. The number of amides is 3. The van der Waals surface area contributed by atoms with Crippen LogP contribution in [0.15, 0.2) is 53.2 Å². The molecule has 0 unspecified atom stereocenters. The van der Waals surface area contributed by atoms with E-state index in [1.165, 1.54) is 18.2 Å². The Bertz CT molecular complexity index is 1110. The summed E-state index contributed by atoms with van der Waals surface area (Å²) in [6.07, 6.45) is 0. The van der Waals surface area contributed by atoms with Crippen molar-refractivity contribution in [3.05, 3.63) is 68.8 Å². The number of carbonyl (C=O) groups is 3. The maximum atomic E-state index is 13.0. The average Bonchev–Trinajstić information content (AvgIpc) is 2.98. The van der Waals surface area contributed by atoms with E-state index >= 15 is 0 Å². The van der Waals surface area contributed by atoms with E-state index < -0.39 is 11.8 Å². The van der Waals surface area contributed by atoms with Crippen LogP contribution >= 0.6 is 34.8 Å². The maximum absolute atomic E-state index is 13.0. The van der Waals surface area contributed by atoms with Gasteiger partial charge in [0, 0.05) is 29.4 Å².